The second-order valence-electron chi connectivity index (χ2n) is 4.25. The second-order valence-corrected chi connectivity index (χ2v) is 4.25. The summed E-state index contributed by atoms with van der Waals surface area (Å²) >= 11 is 0. The van der Waals surface area contributed by atoms with Gasteiger partial charge < -0.3 is 19.8 Å². The lowest BCUT2D eigenvalue weighted by molar-refractivity contribution is 0.0765. The Balaban J connectivity index is 2.82. The number of hydrogen-bond donors (Lipinski definition) is 2. The topological polar surface area (TPSA) is 70.0 Å². The van der Waals surface area contributed by atoms with E-state index in [0.717, 1.165) is 0 Å². The van der Waals surface area contributed by atoms with Crippen LogP contribution in [-0.4, -0.2) is 47.8 Å². The van der Waals surface area contributed by atoms with Gasteiger partial charge >= 0.3 is 0 Å². The summed E-state index contributed by atoms with van der Waals surface area (Å²) in [5.74, 6) is 0.136. The van der Waals surface area contributed by atoms with Gasteiger partial charge in [-0.3, -0.25) is 4.79 Å². The highest BCUT2D eigenvalue weighted by atomic mass is 16.5. The predicted molar refractivity (Wildman–Crippen MR) is 67.9 cm³/mol. The van der Waals surface area contributed by atoms with Gasteiger partial charge in [-0.05, 0) is 31.5 Å². The van der Waals surface area contributed by atoms with Gasteiger partial charge in [0.2, 0.25) is 0 Å². The third-order valence-corrected chi connectivity index (χ3v) is 2.66. The molecule has 1 unspecified atom stereocenters. The van der Waals surface area contributed by atoms with Gasteiger partial charge in [-0.25, -0.2) is 0 Å². The van der Waals surface area contributed by atoms with Gasteiger partial charge in [0.05, 0.1) is 18.8 Å². The number of aliphatic hydroxyl groups excluding tert-OH is 1. The van der Waals surface area contributed by atoms with Crippen molar-refractivity contribution in [3.8, 4) is 11.5 Å². The van der Waals surface area contributed by atoms with Crippen molar-refractivity contribution in [2.45, 2.75) is 19.4 Å². The molecule has 0 aromatic heterocycles. The summed E-state index contributed by atoms with van der Waals surface area (Å²) in [4.78, 5) is 13.5. The van der Waals surface area contributed by atoms with Gasteiger partial charge in [-0.1, -0.05) is 0 Å². The van der Waals surface area contributed by atoms with Gasteiger partial charge in [0.25, 0.3) is 5.91 Å². The minimum absolute atomic E-state index is 0.0790. The van der Waals surface area contributed by atoms with E-state index in [1.54, 1.807) is 20.0 Å². The first-order valence-electron chi connectivity index (χ1n) is 5.76. The van der Waals surface area contributed by atoms with E-state index in [2.05, 4.69) is 0 Å². The lowest BCUT2D eigenvalue weighted by Crippen LogP contribution is -2.29. The van der Waals surface area contributed by atoms with Crippen molar-refractivity contribution in [1.82, 2.24) is 4.90 Å². The zero-order valence-corrected chi connectivity index (χ0v) is 10.9. The highest BCUT2D eigenvalue weighted by molar-refractivity contribution is 5.97. The summed E-state index contributed by atoms with van der Waals surface area (Å²) in [6.07, 6.45) is 0.0339. The van der Waals surface area contributed by atoms with E-state index in [1.165, 1.54) is 24.1 Å². The van der Waals surface area contributed by atoms with Crippen LogP contribution in [0.5, 0.6) is 11.5 Å². The molecule has 0 aliphatic carbocycles. The maximum Gasteiger partial charge on any atom is 0.257 e. The first-order valence-corrected chi connectivity index (χ1v) is 5.76. The van der Waals surface area contributed by atoms with Crippen LogP contribution >= 0.6 is 0 Å². The van der Waals surface area contributed by atoms with Crippen molar-refractivity contribution in [1.29, 1.82) is 0 Å². The Hall–Kier alpha value is -1.75. The number of phenols is 1. The maximum absolute atomic E-state index is 12.1. The van der Waals surface area contributed by atoms with Crippen molar-refractivity contribution < 1.29 is 19.7 Å². The number of phenolic OH excluding ortho intramolecular Hbond substituents is 1. The summed E-state index contributed by atoms with van der Waals surface area (Å²) in [6.45, 7) is 2.09. The molecule has 1 aromatic carbocycles. The van der Waals surface area contributed by atoms with Gasteiger partial charge in [0.1, 0.15) is 11.5 Å². The Morgan fingerprint density at radius 1 is 1.50 bits per heavy atom. The molecule has 0 fully saturated rings. The number of aliphatic hydroxyl groups is 1. The van der Waals surface area contributed by atoms with E-state index >= 15 is 0 Å². The molecular formula is C13H19NO4. The maximum atomic E-state index is 12.1. The third-order valence-electron chi connectivity index (χ3n) is 2.66. The van der Waals surface area contributed by atoms with E-state index in [4.69, 9.17) is 4.74 Å². The van der Waals surface area contributed by atoms with Gasteiger partial charge in [-0.15, -0.1) is 0 Å². The number of benzene rings is 1. The third kappa shape index (κ3) is 3.63. The van der Waals surface area contributed by atoms with Crippen molar-refractivity contribution in [2.75, 3.05) is 20.7 Å². The highest BCUT2D eigenvalue weighted by Gasteiger charge is 2.16. The van der Waals surface area contributed by atoms with E-state index in [0.29, 0.717) is 18.7 Å². The first kappa shape index (κ1) is 14.3. The van der Waals surface area contributed by atoms with E-state index in [1.807, 2.05) is 0 Å². The minimum atomic E-state index is -0.459. The molecule has 18 heavy (non-hydrogen) atoms. The minimum Gasteiger partial charge on any atom is -0.507 e. The number of carbonyl (C=O) groups is 1. The molecule has 0 saturated heterocycles. The lowest BCUT2D eigenvalue weighted by Gasteiger charge is -2.18. The largest absolute Gasteiger partial charge is 0.507 e. The van der Waals surface area contributed by atoms with E-state index < -0.39 is 6.10 Å². The Labute approximate surface area is 107 Å². The molecule has 5 heteroatoms. The zero-order valence-electron chi connectivity index (χ0n) is 10.9. The number of ether oxygens (including phenoxy) is 1. The zero-order chi connectivity index (χ0) is 13.7. The van der Waals surface area contributed by atoms with Crippen LogP contribution in [0.3, 0.4) is 0 Å². The predicted octanol–water partition coefficient (Wildman–Crippen LogP) is 1.24. The fourth-order valence-electron chi connectivity index (χ4n) is 1.50. The monoisotopic (exact) mass is 253 g/mol. The van der Waals surface area contributed by atoms with Crippen LogP contribution in [0.2, 0.25) is 0 Å². The quantitative estimate of drug-likeness (QED) is 0.828. The van der Waals surface area contributed by atoms with Crippen LogP contribution in [0.25, 0.3) is 0 Å². The van der Waals surface area contributed by atoms with Gasteiger partial charge in [0.15, 0.2) is 0 Å². The first-order chi connectivity index (χ1) is 8.45. The number of methoxy groups -OCH3 is 1. The van der Waals surface area contributed by atoms with Crippen LogP contribution in [0, 0.1) is 0 Å². The Kier molecular flexibility index (Phi) is 4.97. The van der Waals surface area contributed by atoms with Crippen LogP contribution in [0.15, 0.2) is 18.2 Å². The molecule has 0 radical (unpaired) electrons. The van der Waals surface area contributed by atoms with Crippen LogP contribution in [0.1, 0.15) is 23.7 Å². The average molecular weight is 253 g/mol. The van der Waals surface area contributed by atoms with Gasteiger partial charge in [-0.2, -0.15) is 0 Å². The van der Waals surface area contributed by atoms with E-state index in [-0.39, 0.29) is 17.2 Å². The fraction of sp³-hybridized carbons (Fsp3) is 0.462. The van der Waals surface area contributed by atoms with Gasteiger partial charge in [0, 0.05) is 13.6 Å². The Bertz CT molecular complexity index is 417. The number of amides is 1. The number of aromatic hydroxyl groups is 1. The molecule has 0 heterocycles. The molecule has 0 spiro atoms. The van der Waals surface area contributed by atoms with Crippen molar-refractivity contribution >= 4 is 5.91 Å². The molecule has 100 valence electrons. The number of hydrogen-bond acceptors (Lipinski definition) is 4. The molecular weight excluding hydrogens is 234 g/mol. The van der Waals surface area contributed by atoms with Crippen molar-refractivity contribution in [2.24, 2.45) is 0 Å². The van der Waals surface area contributed by atoms with Crippen LogP contribution < -0.4 is 4.74 Å². The number of rotatable bonds is 5. The summed E-state index contributed by atoms with van der Waals surface area (Å²) in [5.41, 5.74) is 0.197. The highest BCUT2D eigenvalue weighted by Crippen LogP contribution is 2.24. The van der Waals surface area contributed by atoms with Crippen molar-refractivity contribution in [3.63, 3.8) is 0 Å². The van der Waals surface area contributed by atoms with Crippen LogP contribution in [0.4, 0.5) is 0 Å². The molecule has 5 nitrogen and oxygen atoms in total. The molecule has 1 atom stereocenters. The average Bonchev–Trinajstić information content (AvgIpc) is 2.35. The fourth-order valence-corrected chi connectivity index (χ4v) is 1.50. The Morgan fingerprint density at radius 2 is 2.17 bits per heavy atom. The smallest absolute Gasteiger partial charge is 0.257 e. The summed E-state index contributed by atoms with van der Waals surface area (Å²) in [5, 5.41) is 18.9. The van der Waals surface area contributed by atoms with E-state index in [9.17, 15) is 15.0 Å². The molecule has 0 bridgehead atoms. The molecule has 2 N–H and O–H groups in total. The molecule has 1 amide bonds. The molecule has 1 rings (SSSR count). The molecule has 0 saturated carbocycles. The summed E-state index contributed by atoms with van der Waals surface area (Å²) < 4.78 is 5.02. The van der Waals surface area contributed by atoms with Crippen molar-refractivity contribution in [3.05, 3.63) is 23.8 Å². The summed E-state index contributed by atoms with van der Waals surface area (Å²) in [7, 11) is 3.13. The molecule has 1 aromatic rings. The number of nitrogens with zero attached hydrogens (tertiary/aromatic N) is 1. The lowest BCUT2D eigenvalue weighted by atomic mass is 10.1. The molecule has 0 aliphatic rings. The SMILES string of the molecule is COc1ccc(O)c(C(=O)N(C)CCC(C)O)c1. The van der Waals surface area contributed by atoms with Crippen LogP contribution in [-0.2, 0) is 0 Å². The Morgan fingerprint density at radius 3 is 2.72 bits per heavy atom. The summed E-state index contributed by atoms with van der Waals surface area (Å²) in [6, 6.07) is 4.51. The normalized spacial score (nSPS) is 12.0. The standard InChI is InChI=1S/C13H19NO4/c1-9(15)6-7-14(2)13(17)11-8-10(18-3)4-5-12(11)16/h4-5,8-9,15-16H,6-7H2,1-3H3. The number of carbonyl (C=O) groups excluding carboxylic acids is 1. The second kappa shape index (κ2) is 6.26. The molecule has 0 aliphatic heterocycles.